The van der Waals surface area contributed by atoms with Gasteiger partial charge in [0.1, 0.15) is 6.61 Å². The molecule has 0 spiro atoms. The number of nitrogens with zero attached hydrogens (tertiary/aromatic N) is 2. The topological polar surface area (TPSA) is 44.1 Å². The third kappa shape index (κ3) is 4.09. The highest BCUT2D eigenvalue weighted by molar-refractivity contribution is 5.87. The van der Waals surface area contributed by atoms with Crippen LogP contribution >= 0.6 is 0 Å². The molecule has 0 aliphatic carbocycles. The van der Waals surface area contributed by atoms with Crippen molar-refractivity contribution in [2.75, 3.05) is 0 Å². The maximum absolute atomic E-state index is 12.0. The summed E-state index contributed by atoms with van der Waals surface area (Å²) in [5.74, 6) is -0.361. The lowest BCUT2D eigenvalue weighted by Gasteiger charge is -2.05. The fraction of sp³-hybridized carbons (Fsp3) is 0.182. The summed E-state index contributed by atoms with van der Waals surface area (Å²) in [4.78, 5) is 12.0. The van der Waals surface area contributed by atoms with Gasteiger partial charge in [-0.2, -0.15) is 5.10 Å². The Kier molecular flexibility index (Phi) is 5.32. The molecule has 0 fully saturated rings. The SMILES string of the molecule is Cc1nn(C)c(C)c1C=CC(=O)OCc1ccc(-c2ccccc2)cc1. The van der Waals surface area contributed by atoms with E-state index < -0.39 is 0 Å². The molecule has 0 atom stereocenters. The summed E-state index contributed by atoms with van der Waals surface area (Å²) in [6, 6.07) is 18.2. The van der Waals surface area contributed by atoms with Gasteiger partial charge >= 0.3 is 5.97 Å². The monoisotopic (exact) mass is 346 g/mol. The number of benzene rings is 2. The molecular weight excluding hydrogens is 324 g/mol. The van der Waals surface area contributed by atoms with Gasteiger partial charge in [-0.05, 0) is 36.6 Å². The van der Waals surface area contributed by atoms with Crippen LogP contribution in [0, 0.1) is 13.8 Å². The fourth-order valence-electron chi connectivity index (χ4n) is 2.81. The number of carbonyl (C=O) groups is 1. The van der Waals surface area contributed by atoms with Crippen LogP contribution in [0.15, 0.2) is 60.7 Å². The maximum Gasteiger partial charge on any atom is 0.331 e. The van der Waals surface area contributed by atoms with E-state index in [1.54, 1.807) is 10.8 Å². The molecule has 3 rings (SSSR count). The van der Waals surface area contributed by atoms with Crippen molar-refractivity contribution in [2.24, 2.45) is 7.05 Å². The van der Waals surface area contributed by atoms with Gasteiger partial charge in [0.05, 0.1) is 5.69 Å². The van der Waals surface area contributed by atoms with E-state index in [4.69, 9.17) is 4.74 Å². The molecule has 0 bridgehead atoms. The molecule has 1 heterocycles. The van der Waals surface area contributed by atoms with Gasteiger partial charge in [-0.15, -0.1) is 0 Å². The zero-order chi connectivity index (χ0) is 18.5. The summed E-state index contributed by atoms with van der Waals surface area (Å²) in [6.45, 7) is 4.15. The molecule has 0 aliphatic rings. The summed E-state index contributed by atoms with van der Waals surface area (Å²) >= 11 is 0. The highest BCUT2D eigenvalue weighted by Crippen LogP contribution is 2.19. The highest BCUT2D eigenvalue weighted by atomic mass is 16.5. The van der Waals surface area contributed by atoms with Crippen LogP contribution in [0.3, 0.4) is 0 Å². The number of rotatable bonds is 5. The molecule has 0 saturated carbocycles. The number of esters is 1. The molecule has 0 aliphatic heterocycles. The first-order chi connectivity index (χ1) is 12.5. The summed E-state index contributed by atoms with van der Waals surface area (Å²) in [6.07, 6.45) is 3.22. The molecule has 132 valence electrons. The van der Waals surface area contributed by atoms with Crippen molar-refractivity contribution < 1.29 is 9.53 Å². The molecule has 2 aromatic carbocycles. The largest absolute Gasteiger partial charge is 0.458 e. The Hall–Kier alpha value is -3.14. The zero-order valence-corrected chi connectivity index (χ0v) is 15.3. The van der Waals surface area contributed by atoms with Crippen LogP contribution in [0.25, 0.3) is 17.2 Å². The zero-order valence-electron chi connectivity index (χ0n) is 15.3. The second kappa shape index (κ2) is 7.83. The molecule has 0 radical (unpaired) electrons. The molecular formula is C22H22N2O2. The lowest BCUT2D eigenvalue weighted by Crippen LogP contribution is -2.00. The standard InChI is InChI=1S/C22H22N2O2/c1-16-21(17(2)24(3)23-16)13-14-22(25)26-15-18-9-11-20(12-10-18)19-7-5-4-6-8-19/h4-14H,15H2,1-3H3. The van der Waals surface area contributed by atoms with Crippen molar-refractivity contribution in [2.45, 2.75) is 20.5 Å². The summed E-state index contributed by atoms with van der Waals surface area (Å²) in [5.41, 5.74) is 6.13. The van der Waals surface area contributed by atoms with Crippen molar-refractivity contribution in [3.05, 3.63) is 83.2 Å². The van der Waals surface area contributed by atoms with Crippen molar-refractivity contribution >= 4 is 12.0 Å². The molecule has 0 unspecified atom stereocenters. The van der Waals surface area contributed by atoms with Crippen molar-refractivity contribution in [3.63, 3.8) is 0 Å². The average Bonchev–Trinajstić information content (AvgIpc) is 2.91. The second-order valence-electron chi connectivity index (χ2n) is 6.21. The number of aryl methyl sites for hydroxylation is 2. The van der Waals surface area contributed by atoms with Gasteiger partial charge in [-0.3, -0.25) is 4.68 Å². The van der Waals surface area contributed by atoms with E-state index in [1.807, 2.05) is 63.4 Å². The Morgan fingerprint density at radius 3 is 2.31 bits per heavy atom. The van der Waals surface area contributed by atoms with E-state index in [-0.39, 0.29) is 12.6 Å². The maximum atomic E-state index is 12.0. The quantitative estimate of drug-likeness (QED) is 0.506. The van der Waals surface area contributed by atoms with E-state index in [9.17, 15) is 4.79 Å². The third-order valence-electron chi connectivity index (χ3n) is 4.39. The lowest BCUT2D eigenvalue weighted by molar-refractivity contribution is -0.138. The molecule has 1 aromatic heterocycles. The van der Waals surface area contributed by atoms with Gasteiger partial charge in [-0.1, -0.05) is 54.6 Å². The second-order valence-corrected chi connectivity index (χ2v) is 6.21. The fourth-order valence-corrected chi connectivity index (χ4v) is 2.81. The summed E-state index contributed by atoms with van der Waals surface area (Å²) in [5, 5.41) is 4.33. The minimum Gasteiger partial charge on any atom is -0.458 e. The van der Waals surface area contributed by atoms with Crippen molar-refractivity contribution in [1.82, 2.24) is 9.78 Å². The number of ether oxygens (including phenoxy) is 1. The number of carbonyl (C=O) groups excluding carboxylic acids is 1. The Morgan fingerprint density at radius 1 is 1.04 bits per heavy atom. The van der Waals surface area contributed by atoms with E-state index in [2.05, 4.69) is 17.2 Å². The third-order valence-corrected chi connectivity index (χ3v) is 4.39. The normalized spacial score (nSPS) is 11.0. The van der Waals surface area contributed by atoms with Crippen molar-refractivity contribution in [3.8, 4) is 11.1 Å². The van der Waals surface area contributed by atoms with Crippen molar-refractivity contribution in [1.29, 1.82) is 0 Å². The van der Waals surface area contributed by atoms with Crippen LogP contribution in [-0.2, 0) is 23.2 Å². The highest BCUT2D eigenvalue weighted by Gasteiger charge is 2.07. The van der Waals surface area contributed by atoms with Gasteiger partial charge < -0.3 is 4.74 Å². The molecule has 0 amide bonds. The minimum atomic E-state index is -0.361. The smallest absolute Gasteiger partial charge is 0.331 e. The Balaban J connectivity index is 1.58. The number of hydrogen-bond acceptors (Lipinski definition) is 3. The first-order valence-electron chi connectivity index (χ1n) is 8.54. The van der Waals surface area contributed by atoms with Gasteiger partial charge in [0, 0.05) is 24.4 Å². The molecule has 0 saturated heterocycles. The molecule has 26 heavy (non-hydrogen) atoms. The van der Waals surface area contributed by atoms with Crippen LogP contribution < -0.4 is 0 Å². The predicted molar refractivity (Wildman–Crippen MR) is 103 cm³/mol. The molecule has 0 N–H and O–H groups in total. The van der Waals surface area contributed by atoms with Crippen LogP contribution in [0.2, 0.25) is 0 Å². The first kappa shape index (κ1) is 17.7. The average molecular weight is 346 g/mol. The molecule has 4 heteroatoms. The molecule has 3 aromatic rings. The van der Waals surface area contributed by atoms with Gasteiger partial charge in [0.15, 0.2) is 0 Å². The first-order valence-corrected chi connectivity index (χ1v) is 8.54. The Labute approximate surface area is 153 Å². The lowest BCUT2D eigenvalue weighted by atomic mass is 10.0. The summed E-state index contributed by atoms with van der Waals surface area (Å²) < 4.78 is 7.13. The van der Waals surface area contributed by atoms with Crippen LogP contribution in [-0.4, -0.2) is 15.7 Å². The number of aromatic nitrogens is 2. The van der Waals surface area contributed by atoms with Crippen LogP contribution in [0.1, 0.15) is 22.5 Å². The van der Waals surface area contributed by atoms with Gasteiger partial charge in [0.2, 0.25) is 0 Å². The summed E-state index contributed by atoms with van der Waals surface area (Å²) in [7, 11) is 1.89. The number of hydrogen-bond donors (Lipinski definition) is 0. The van der Waals surface area contributed by atoms with Gasteiger partial charge in [-0.25, -0.2) is 4.79 Å². The van der Waals surface area contributed by atoms with E-state index in [0.29, 0.717) is 0 Å². The van der Waals surface area contributed by atoms with Crippen LogP contribution in [0.4, 0.5) is 0 Å². The Bertz CT molecular complexity index is 923. The van der Waals surface area contributed by atoms with Gasteiger partial charge in [0.25, 0.3) is 0 Å². The Morgan fingerprint density at radius 2 is 1.69 bits per heavy atom. The van der Waals surface area contributed by atoms with E-state index in [0.717, 1.165) is 28.1 Å². The molecule has 4 nitrogen and oxygen atoms in total. The predicted octanol–water partition coefficient (Wildman–Crippen LogP) is 4.46. The van der Waals surface area contributed by atoms with E-state index >= 15 is 0 Å². The van der Waals surface area contributed by atoms with Crippen LogP contribution in [0.5, 0.6) is 0 Å². The minimum absolute atomic E-state index is 0.253. The van der Waals surface area contributed by atoms with E-state index in [1.165, 1.54) is 11.6 Å².